The monoisotopic (exact) mass is 375 g/mol. The molecular weight excluding hydrogens is 350 g/mol. The quantitative estimate of drug-likeness (QED) is 0.288. The van der Waals surface area contributed by atoms with E-state index in [9.17, 15) is 9.59 Å². The van der Waals surface area contributed by atoms with Gasteiger partial charge >= 0.3 is 5.97 Å². The predicted octanol–water partition coefficient (Wildman–Crippen LogP) is 1.61. The third-order valence-electron chi connectivity index (χ3n) is 3.40. The summed E-state index contributed by atoms with van der Waals surface area (Å²) in [5.74, 6) is -0.243. The maximum absolute atomic E-state index is 11.8. The van der Waals surface area contributed by atoms with Crippen LogP contribution < -0.4 is 20.1 Å². The summed E-state index contributed by atoms with van der Waals surface area (Å²) in [6.45, 7) is 5.38. The molecule has 0 aromatic heterocycles. The fourth-order valence-corrected chi connectivity index (χ4v) is 2.17. The van der Waals surface area contributed by atoms with Gasteiger partial charge in [-0.1, -0.05) is 6.07 Å². The minimum absolute atomic E-state index is 0.0282. The normalized spacial score (nSPS) is 10.6. The fourth-order valence-electron chi connectivity index (χ4n) is 2.17. The van der Waals surface area contributed by atoms with Crippen molar-refractivity contribution in [2.24, 2.45) is 0 Å². The van der Waals surface area contributed by atoms with E-state index in [0.29, 0.717) is 37.7 Å². The number of carboxylic acid groups (broad SMARTS) is 1. The number of carboxylic acids is 1. The number of carbonyl (C=O) groups is 2. The highest BCUT2D eigenvalue weighted by Gasteiger charge is 2.09. The van der Waals surface area contributed by atoms with Gasteiger partial charge in [-0.3, -0.25) is 9.59 Å². The largest absolute Gasteiger partial charge is 0.490 e. The van der Waals surface area contributed by atoms with Crippen molar-refractivity contribution in [3.63, 3.8) is 0 Å². The molecule has 27 heavy (non-hydrogen) atoms. The first-order chi connectivity index (χ1) is 13.0. The molecule has 0 saturated carbocycles. The van der Waals surface area contributed by atoms with Crippen molar-refractivity contribution < 1.29 is 24.2 Å². The maximum Gasteiger partial charge on any atom is 0.305 e. The van der Waals surface area contributed by atoms with Gasteiger partial charge in [-0.15, -0.1) is 0 Å². The number of hydrogen-bond donors (Lipinski definition) is 3. The molecule has 0 bridgehead atoms. The molecule has 0 unspecified atom stereocenters. The zero-order valence-electron chi connectivity index (χ0n) is 15.6. The minimum Gasteiger partial charge on any atom is -0.490 e. The van der Waals surface area contributed by atoms with Gasteiger partial charge in [0.15, 0.2) is 11.5 Å². The highest BCUT2D eigenvalue weighted by Crippen LogP contribution is 2.28. The maximum atomic E-state index is 11.8. The Labute approximate surface area is 158 Å². The van der Waals surface area contributed by atoms with E-state index >= 15 is 0 Å². The average Bonchev–Trinajstić information content (AvgIpc) is 2.63. The molecule has 0 aliphatic rings. The van der Waals surface area contributed by atoms with Crippen LogP contribution in [0.4, 0.5) is 0 Å². The highest BCUT2D eigenvalue weighted by atomic mass is 16.5. The lowest BCUT2D eigenvalue weighted by atomic mass is 10.1. The highest BCUT2D eigenvalue weighted by molar-refractivity contribution is 5.97. The smallest absolute Gasteiger partial charge is 0.305 e. The van der Waals surface area contributed by atoms with E-state index in [1.807, 2.05) is 32.0 Å². The Kier molecular flexibility index (Phi) is 9.86. The van der Waals surface area contributed by atoms with Crippen LogP contribution in [0, 0.1) is 11.3 Å². The molecule has 146 valence electrons. The second-order valence-electron chi connectivity index (χ2n) is 5.42. The number of hydrogen-bond acceptors (Lipinski definition) is 6. The van der Waals surface area contributed by atoms with Gasteiger partial charge in [-0.2, -0.15) is 5.26 Å². The van der Waals surface area contributed by atoms with E-state index < -0.39 is 11.9 Å². The van der Waals surface area contributed by atoms with Crippen LogP contribution in [-0.2, 0) is 16.0 Å². The molecule has 0 aliphatic carbocycles. The van der Waals surface area contributed by atoms with Gasteiger partial charge in [0.1, 0.15) is 11.6 Å². The predicted molar refractivity (Wildman–Crippen MR) is 99.4 cm³/mol. The zero-order valence-corrected chi connectivity index (χ0v) is 15.6. The number of nitrogens with zero attached hydrogens (tertiary/aromatic N) is 1. The molecule has 8 heteroatoms. The van der Waals surface area contributed by atoms with Crippen LogP contribution in [0.25, 0.3) is 0 Å². The van der Waals surface area contributed by atoms with Gasteiger partial charge < -0.3 is 25.2 Å². The van der Waals surface area contributed by atoms with Crippen LogP contribution in [0.5, 0.6) is 11.5 Å². The van der Waals surface area contributed by atoms with Crippen molar-refractivity contribution in [1.29, 1.82) is 5.26 Å². The van der Waals surface area contributed by atoms with Crippen LogP contribution in [0.1, 0.15) is 25.8 Å². The number of benzene rings is 1. The van der Waals surface area contributed by atoms with E-state index in [0.717, 1.165) is 5.56 Å². The van der Waals surface area contributed by atoms with Gasteiger partial charge in [0.05, 0.1) is 19.6 Å². The van der Waals surface area contributed by atoms with Crippen LogP contribution in [0.15, 0.2) is 30.0 Å². The molecular formula is C19H25N3O5. The van der Waals surface area contributed by atoms with Crippen LogP contribution in [-0.4, -0.2) is 43.3 Å². The number of aliphatic carboxylic acids is 1. The number of amides is 1. The standard InChI is InChI=1S/C19H25N3O5/c1-3-26-16-6-5-14(11-17(16)27-4-2)7-9-21-13-15(12-20)19(25)22-10-8-18(23)24/h5-6,11,13,21H,3-4,7-10H2,1-2H3,(H,22,25)(H,23,24)/b15-13-. The summed E-state index contributed by atoms with van der Waals surface area (Å²) in [6.07, 6.45) is 1.79. The number of ether oxygens (including phenoxy) is 2. The lowest BCUT2D eigenvalue weighted by molar-refractivity contribution is -0.136. The van der Waals surface area contributed by atoms with Gasteiger partial charge in [-0.05, 0) is 38.0 Å². The Hall–Kier alpha value is -3.21. The van der Waals surface area contributed by atoms with Crippen molar-refractivity contribution in [2.75, 3.05) is 26.3 Å². The molecule has 1 rings (SSSR count). The van der Waals surface area contributed by atoms with Crippen molar-refractivity contribution in [3.8, 4) is 17.6 Å². The number of nitriles is 1. The molecule has 1 amide bonds. The first kappa shape index (κ1) is 21.8. The summed E-state index contributed by atoms with van der Waals surface area (Å²) in [7, 11) is 0. The number of rotatable bonds is 12. The molecule has 0 aliphatic heterocycles. The molecule has 1 aromatic carbocycles. The number of carbonyl (C=O) groups excluding carboxylic acids is 1. The SMILES string of the molecule is CCOc1ccc(CCN/C=C(/C#N)C(=O)NCCC(=O)O)cc1OCC. The first-order valence-electron chi connectivity index (χ1n) is 8.73. The zero-order chi connectivity index (χ0) is 20.1. The lowest BCUT2D eigenvalue weighted by Crippen LogP contribution is -2.28. The molecule has 1 aromatic rings. The van der Waals surface area contributed by atoms with Crippen molar-refractivity contribution in [3.05, 3.63) is 35.5 Å². The second-order valence-corrected chi connectivity index (χ2v) is 5.42. The third-order valence-corrected chi connectivity index (χ3v) is 3.40. The van der Waals surface area contributed by atoms with Gasteiger partial charge in [0.2, 0.25) is 0 Å². The van der Waals surface area contributed by atoms with Crippen LogP contribution in [0.2, 0.25) is 0 Å². The lowest BCUT2D eigenvalue weighted by Gasteiger charge is -2.12. The Morgan fingerprint density at radius 1 is 1.19 bits per heavy atom. The molecule has 0 fully saturated rings. The van der Waals surface area contributed by atoms with Crippen LogP contribution in [0.3, 0.4) is 0 Å². The molecule has 0 radical (unpaired) electrons. The topological polar surface area (TPSA) is 121 Å². The van der Waals surface area contributed by atoms with Gasteiger partial charge in [0, 0.05) is 19.3 Å². The molecule has 0 heterocycles. The van der Waals surface area contributed by atoms with Crippen molar-refractivity contribution >= 4 is 11.9 Å². The fraction of sp³-hybridized carbons (Fsp3) is 0.421. The minimum atomic E-state index is -1.02. The van der Waals surface area contributed by atoms with Crippen molar-refractivity contribution in [1.82, 2.24) is 10.6 Å². The Morgan fingerprint density at radius 3 is 2.52 bits per heavy atom. The van der Waals surface area contributed by atoms with E-state index in [1.54, 1.807) is 6.07 Å². The molecule has 3 N–H and O–H groups in total. The Balaban J connectivity index is 2.56. The summed E-state index contributed by atoms with van der Waals surface area (Å²) in [5, 5.41) is 22.9. The van der Waals surface area contributed by atoms with Gasteiger partial charge in [-0.25, -0.2) is 0 Å². The summed E-state index contributed by atoms with van der Waals surface area (Å²) in [4.78, 5) is 22.2. The van der Waals surface area contributed by atoms with Crippen molar-refractivity contribution in [2.45, 2.75) is 26.7 Å². The molecule has 8 nitrogen and oxygen atoms in total. The summed E-state index contributed by atoms with van der Waals surface area (Å²) in [6, 6.07) is 7.49. The summed E-state index contributed by atoms with van der Waals surface area (Å²) >= 11 is 0. The Bertz CT molecular complexity index is 710. The van der Waals surface area contributed by atoms with E-state index in [-0.39, 0.29) is 18.5 Å². The summed E-state index contributed by atoms with van der Waals surface area (Å²) in [5.41, 5.74) is 0.911. The third kappa shape index (κ3) is 8.14. The average molecular weight is 375 g/mol. The molecule has 0 saturated heterocycles. The van der Waals surface area contributed by atoms with E-state index in [4.69, 9.17) is 19.8 Å². The van der Waals surface area contributed by atoms with E-state index in [1.165, 1.54) is 6.20 Å². The van der Waals surface area contributed by atoms with E-state index in [2.05, 4.69) is 10.6 Å². The summed E-state index contributed by atoms with van der Waals surface area (Å²) < 4.78 is 11.1. The van der Waals surface area contributed by atoms with Gasteiger partial charge in [0.25, 0.3) is 5.91 Å². The van der Waals surface area contributed by atoms with Crippen LogP contribution >= 0.6 is 0 Å². The molecule has 0 atom stereocenters. The second kappa shape index (κ2) is 12.2. The first-order valence-corrected chi connectivity index (χ1v) is 8.73. The number of nitrogens with one attached hydrogen (secondary N) is 2. The molecule has 0 spiro atoms. The Morgan fingerprint density at radius 2 is 1.89 bits per heavy atom.